The number of nitrogens with two attached hydrogens (primary N) is 1. The van der Waals surface area contributed by atoms with Crippen molar-refractivity contribution < 1.29 is 4.74 Å². The van der Waals surface area contributed by atoms with Crippen molar-refractivity contribution in [2.45, 2.75) is 0 Å². The van der Waals surface area contributed by atoms with E-state index in [4.69, 9.17) is 10.5 Å². The molecule has 2 heterocycles. The maximum atomic E-state index is 5.65. The summed E-state index contributed by atoms with van der Waals surface area (Å²) in [5.41, 5.74) is 7.26. The number of benzene rings is 1. The van der Waals surface area contributed by atoms with Gasteiger partial charge in [0.15, 0.2) is 0 Å². The zero-order valence-electron chi connectivity index (χ0n) is 9.88. The van der Waals surface area contributed by atoms with E-state index in [0.717, 1.165) is 21.0 Å². The monoisotopic (exact) mass is 256 g/mol. The van der Waals surface area contributed by atoms with Gasteiger partial charge in [-0.3, -0.25) is 4.98 Å². The highest BCUT2D eigenvalue weighted by Gasteiger charge is 2.08. The van der Waals surface area contributed by atoms with Crippen molar-refractivity contribution in [2.24, 2.45) is 0 Å². The average Bonchev–Trinajstić information content (AvgIpc) is 2.83. The Morgan fingerprint density at radius 2 is 2.11 bits per heavy atom. The molecule has 0 unspecified atom stereocenters. The number of fused-ring (bicyclic) bond motifs is 1. The quantitative estimate of drug-likeness (QED) is 0.762. The smallest absolute Gasteiger partial charge is 0.136 e. The fraction of sp³-hybridized carbons (Fsp3) is 0.0714. The molecule has 2 aromatic heterocycles. The first-order valence-corrected chi connectivity index (χ1v) is 6.38. The van der Waals surface area contributed by atoms with E-state index in [1.807, 2.05) is 24.3 Å². The van der Waals surface area contributed by atoms with Gasteiger partial charge < -0.3 is 10.5 Å². The van der Waals surface area contributed by atoms with Crippen LogP contribution in [0.25, 0.3) is 20.7 Å². The average molecular weight is 256 g/mol. The lowest BCUT2D eigenvalue weighted by atomic mass is 10.2. The van der Waals surface area contributed by atoms with Crippen LogP contribution < -0.4 is 10.5 Å². The summed E-state index contributed by atoms with van der Waals surface area (Å²) in [6.07, 6.45) is 1.68. The molecule has 3 nitrogen and oxygen atoms in total. The van der Waals surface area contributed by atoms with Gasteiger partial charge in [0.05, 0.1) is 34.3 Å². The van der Waals surface area contributed by atoms with Crippen LogP contribution in [0.3, 0.4) is 0 Å². The van der Waals surface area contributed by atoms with Crippen molar-refractivity contribution in [3.05, 3.63) is 42.6 Å². The lowest BCUT2D eigenvalue weighted by molar-refractivity contribution is 0.420. The molecule has 0 amide bonds. The zero-order valence-corrected chi connectivity index (χ0v) is 10.7. The van der Waals surface area contributed by atoms with Crippen molar-refractivity contribution in [1.82, 2.24) is 4.98 Å². The van der Waals surface area contributed by atoms with Crippen molar-refractivity contribution in [2.75, 3.05) is 12.8 Å². The molecule has 0 aliphatic rings. The van der Waals surface area contributed by atoms with E-state index in [-0.39, 0.29) is 0 Å². The van der Waals surface area contributed by atoms with Gasteiger partial charge in [0.25, 0.3) is 0 Å². The number of methoxy groups -OCH3 is 1. The Balaban J connectivity index is 2.16. The van der Waals surface area contributed by atoms with Crippen LogP contribution >= 0.6 is 11.3 Å². The van der Waals surface area contributed by atoms with Crippen LogP contribution in [0.4, 0.5) is 5.69 Å². The van der Waals surface area contributed by atoms with E-state index < -0.39 is 0 Å². The topological polar surface area (TPSA) is 48.1 Å². The second-order valence-corrected chi connectivity index (χ2v) is 5.02. The van der Waals surface area contributed by atoms with Gasteiger partial charge in [-0.05, 0) is 29.7 Å². The maximum absolute atomic E-state index is 5.65. The van der Waals surface area contributed by atoms with Crippen LogP contribution in [-0.2, 0) is 0 Å². The number of pyridine rings is 1. The SMILES string of the molecule is COc1cccc2cc(-c3ccc(N)cn3)sc12. The molecular formula is C14H12N2OS. The molecule has 3 rings (SSSR count). The Morgan fingerprint density at radius 1 is 1.22 bits per heavy atom. The number of anilines is 1. The molecule has 0 radical (unpaired) electrons. The lowest BCUT2D eigenvalue weighted by Crippen LogP contribution is -1.86. The molecule has 2 N–H and O–H groups in total. The molecule has 0 saturated heterocycles. The highest BCUT2D eigenvalue weighted by molar-refractivity contribution is 7.22. The lowest BCUT2D eigenvalue weighted by Gasteiger charge is -1.99. The predicted molar refractivity (Wildman–Crippen MR) is 76.0 cm³/mol. The normalized spacial score (nSPS) is 10.7. The molecule has 0 atom stereocenters. The number of hydrogen-bond acceptors (Lipinski definition) is 4. The standard InChI is InChI=1S/C14H12N2OS/c1-17-12-4-2-3-9-7-13(18-14(9)12)11-6-5-10(15)8-16-11/h2-8H,15H2,1H3. The summed E-state index contributed by atoms with van der Waals surface area (Å²) in [6.45, 7) is 0. The van der Waals surface area contributed by atoms with Crippen molar-refractivity contribution >= 4 is 27.1 Å². The summed E-state index contributed by atoms with van der Waals surface area (Å²) in [5, 5.41) is 1.17. The van der Waals surface area contributed by atoms with Gasteiger partial charge in [0.1, 0.15) is 5.75 Å². The minimum Gasteiger partial charge on any atom is -0.495 e. The summed E-state index contributed by atoms with van der Waals surface area (Å²) >= 11 is 1.68. The molecule has 4 heteroatoms. The summed E-state index contributed by atoms with van der Waals surface area (Å²) in [7, 11) is 1.69. The molecule has 0 aliphatic heterocycles. The van der Waals surface area contributed by atoms with Gasteiger partial charge >= 0.3 is 0 Å². The molecule has 0 spiro atoms. The van der Waals surface area contributed by atoms with Crippen LogP contribution in [0.2, 0.25) is 0 Å². The largest absolute Gasteiger partial charge is 0.495 e. The first-order valence-electron chi connectivity index (χ1n) is 5.56. The van der Waals surface area contributed by atoms with Crippen LogP contribution in [-0.4, -0.2) is 12.1 Å². The zero-order chi connectivity index (χ0) is 12.5. The third-order valence-corrected chi connectivity index (χ3v) is 3.95. The van der Waals surface area contributed by atoms with E-state index in [1.54, 1.807) is 24.6 Å². The Bertz CT molecular complexity index is 689. The second kappa shape index (κ2) is 4.31. The number of aromatic nitrogens is 1. The summed E-state index contributed by atoms with van der Waals surface area (Å²) < 4.78 is 6.51. The highest BCUT2D eigenvalue weighted by atomic mass is 32.1. The Kier molecular flexibility index (Phi) is 2.64. The molecule has 0 saturated carbocycles. The molecule has 3 aromatic rings. The summed E-state index contributed by atoms with van der Waals surface area (Å²) in [6, 6.07) is 12.0. The predicted octanol–water partition coefficient (Wildman–Crippen LogP) is 3.55. The minimum atomic E-state index is 0.678. The van der Waals surface area contributed by atoms with E-state index in [0.29, 0.717) is 5.69 Å². The third kappa shape index (κ3) is 1.80. The highest BCUT2D eigenvalue weighted by Crippen LogP contribution is 2.37. The van der Waals surface area contributed by atoms with Crippen LogP contribution in [0.1, 0.15) is 0 Å². The summed E-state index contributed by atoms with van der Waals surface area (Å²) in [4.78, 5) is 5.46. The molecule has 0 aliphatic carbocycles. The Labute approximate surface area is 109 Å². The van der Waals surface area contributed by atoms with Crippen molar-refractivity contribution in [1.29, 1.82) is 0 Å². The van der Waals surface area contributed by atoms with Gasteiger partial charge in [-0.1, -0.05) is 12.1 Å². The number of nitrogen functional groups attached to an aromatic ring is 1. The molecular weight excluding hydrogens is 244 g/mol. The molecule has 0 bridgehead atoms. The molecule has 0 fully saturated rings. The van der Waals surface area contributed by atoms with Crippen molar-refractivity contribution in [3.63, 3.8) is 0 Å². The van der Waals surface area contributed by atoms with Crippen LogP contribution in [0.15, 0.2) is 42.6 Å². The van der Waals surface area contributed by atoms with Crippen LogP contribution in [0.5, 0.6) is 5.75 Å². The fourth-order valence-corrected chi connectivity index (χ4v) is 3.00. The maximum Gasteiger partial charge on any atom is 0.136 e. The van der Waals surface area contributed by atoms with Crippen LogP contribution in [0, 0.1) is 0 Å². The molecule has 1 aromatic carbocycles. The third-order valence-electron chi connectivity index (χ3n) is 2.77. The Hall–Kier alpha value is -2.07. The number of nitrogens with zero attached hydrogens (tertiary/aromatic N) is 1. The summed E-state index contributed by atoms with van der Waals surface area (Å²) in [5.74, 6) is 0.902. The first kappa shape index (κ1) is 11.0. The fourth-order valence-electron chi connectivity index (χ4n) is 1.87. The van der Waals surface area contributed by atoms with E-state index in [2.05, 4.69) is 17.1 Å². The van der Waals surface area contributed by atoms with Crippen molar-refractivity contribution in [3.8, 4) is 16.3 Å². The van der Waals surface area contributed by atoms with Gasteiger partial charge in [-0.25, -0.2) is 0 Å². The van der Waals surface area contributed by atoms with Gasteiger partial charge in [-0.15, -0.1) is 11.3 Å². The number of rotatable bonds is 2. The number of ether oxygens (including phenoxy) is 1. The first-order chi connectivity index (χ1) is 8.78. The second-order valence-electron chi connectivity index (χ2n) is 3.97. The molecule has 18 heavy (non-hydrogen) atoms. The van der Waals surface area contributed by atoms with E-state index >= 15 is 0 Å². The Morgan fingerprint density at radius 3 is 2.83 bits per heavy atom. The minimum absolute atomic E-state index is 0.678. The number of hydrogen-bond donors (Lipinski definition) is 1. The van der Waals surface area contributed by atoms with Gasteiger partial charge in [0.2, 0.25) is 0 Å². The van der Waals surface area contributed by atoms with E-state index in [9.17, 15) is 0 Å². The van der Waals surface area contributed by atoms with E-state index in [1.165, 1.54) is 5.39 Å². The van der Waals surface area contributed by atoms with Gasteiger partial charge in [-0.2, -0.15) is 0 Å². The number of thiophene rings is 1. The van der Waals surface area contributed by atoms with Gasteiger partial charge in [0, 0.05) is 0 Å². The molecule has 90 valence electrons.